The van der Waals surface area contributed by atoms with E-state index in [4.69, 9.17) is 37.9 Å². The van der Waals surface area contributed by atoms with Gasteiger partial charge in [-0.2, -0.15) is 0 Å². The van der Waals surface area contributed by atoms with Crippen LogP contribution in [0.3, 0.4) is 0 Å². The summed E-state index contributed by atoms with van der Waals surface area (Å²) in [7, 11) is 0. The molecule has 0 aliphatic rings. The fourth-order valence-electron chi connectivity index (χ4n) is 1.78. The zero-order chi connectivity index (χ0) is 20.5. The van der Waals surface area contributed by atoms with Gasteiger partial charge in [0.05, 0.1) is 66.1 Å². The summed E-state index contributed by atoms with van der Waals surface area (Å²) < 4.78 is 41.5. The summed E-state index contributed by atoms with van der Waals surface area (Å²) >= 11 is 0. The maximum atomic E-state index is 11.3. The molecule has 0 unspecified atom stereocenters. The van der Waals surface area contributed by atoms with Gasteiger partial charge in [-0.15, -0.1) is 0 Å². The van der Waals surface area contributed by atoms with Crippen LogP contribution in [0.5, 0.6) is 0 Å². The van der Waals surface area contributed by atoms with Gasteiger partial charge in [0.1, 0.15) is 13.2 Å². The molecule has 0 heterocycles. The van der Waals surface area contributed by atoms with Crippen LogP contribution < -0.4 is 0 Å². The standard InChI is InChI=1S/C19H38O9/c1-3-5-21-7-9-23-11-13-25-15-17-27-19(20)28-18-16-26-14-12-24-10-8-22-6-4-2/h3-18H2,1-2H3. The molecule has 0 saturated heterocycles. The van der Waals surface area contributed by atoms with Crippen LogP contribution in [0.15, 0.2) is 0 Å². The average Bonchev–Trinajstić information content (AvgIpc) is 2.70. The van der Waals surface area contributed by atoms with Gasteiger partial charge in [-0.1, -0.05) is 13.8 Å². The summed E-state index contributed by atoms with van der Waals surface area (Å²) in [5.74, 6) is 0. The molecule has 0 fully saturated rings. The number of rotatable bonds is 22. The smallest absolute Gasteiger partial charge is 0.432 e. The average molecular weight is 411 g/mol. The molecule has 0 aromatic heterocycles. The maximum absolute atomic E-state index is 11.3. The van der Waals surface area contributed by atoms with E-state index < -0.39 is 6.16 Å². The Hall–Kier alpha value is -0.970. The maximum Gasteiger partial charge on any atom is 0.508 e. The number of hydrogen-bond acceptors (Lipinski definition) is 9. The highest BCUT2D eigenvalue weighted by Gasteiger charge is 2.03. The van der Waals surface area contributed by atoms with Gasteiger partial charge in [-0.3, -0.25) is 0 Å². The van der Waals surface area contributed by atoms with Gasteiger partial charge < -0.3 is 37.9 Å². The van der Waals surface area contributed by atoms with E-state index in [0.29, 0.717) is 66.1 Å². The highest BCUT2D eigenvalue weighted by Crippen LogP contribution is 1.89. The molecule has 0 aliphatic heterocycles. The summed E-state index contributed by atoms with van der Waals surface area (Å²) in [4.78, 5) is 11.3. The van der Waals surface area contributed by atoms with Crippen LogP contribution >= 0.6 is 0 Å². The lowest BCUT2D eigenvalue weighted by molar-refractivity contribution is -0.0145. The van der Waals surface area contributed by atoms with Crippen LogP contribution in [0.2, 0.25) is 0 Å². The Morgan fingerprint density at radius 1 is 0.429 bits per heavy atom. The second-order valence-corrected chi connectivity index (χ2v) is 5.62. The summed E-state index contributed by atoms with van der Waals surface area (Å²) in [5.41, 5.74) is 0. The summed E-state index contributed by atoms with van der Waals surface area (Å²) in [5, 5.41) is 0. The molecule has 0 saturated carbocycles. The molecular formula is C19H38O9. The van der Waals surface area contributed by atoms with Crippen molar-refractivity contribution >= 4 is 6.16 Å². The van der Waals surface area contributed by atoms with Gasteiger partial charge in [0.2, 0.25) is 0 Å². The lowest BCUT2D eigenvalue weighted by atomic mass is 10.5. The molecule has 0 aromatic rings. The van der Waals surface area contributed by atoms with Crippen molar-refractivity contribution in [1.29, 1.82) is 0 Å². The molecule has 0 rings (SSSR count). The number of carbonyl (C=O) groups is 1. The first kappa shape index (κ1) is 27.0. The van der Waals surface area contributed by atoms with Crippen LogP contribution in [0.1, 0.15) is 26.7 Å². The predicted molar refractivity (Wildman–Crippen MR) is 103 cm³/mol. The predicted octanol–water partition coefficient (Wildman–Crippen LogP) is 2.06. The van der Waals surface area contributed by atoms with Gasteiger partial charge in [-0.25, -0.2) is 4.79 Å². The third-order valence-electron chi connectivity index (χ3n) is 3.08. The summed E-state index contributed by atoms with van der Waals surface area (Å²) in [6.45, 7) is 10.6. The molecule has 0 atom stereocenters. The minimum atomic E-state index is -0.735. The van der Waals surface area contributed by atoms with E-state index in [1.807, 2.05) is 0 Å². The van der Waals surface area contributed by atoms with E-state index in [1.165, 1.54) is 0 Å². The van der Waals surface area contributed by atoms with Crippen molar-refractivity contribution in [3.05, 3.63) is 0 Å². The minimum absolute atomic E-state index is 0.132. The van der Waals surface area contributed by atoms with Crippen molar-refractivity contribution in [2.75, 3.05) is 92.5 Å². The normalized spacial score (nSPS) is 10.9. The third-order valence-corrected chi connectivity index (χ3v) is 3.08. The summed E-state index contributed by atoms with van der Waals surface area (Å²) in [6.07, 6.45) is 1.27. The van der Waals surface area contributed by atoms with Crippen LogP contribution in [-0.2, 0) is 37.9 Å². The minimum Gasteiger partial charge on any atom is -0.432 e. The van der Waals surface area contributed by atoms with Crippen molar-refractivity contribution < 1.29 is 42.7 Å². The zero-order valence-electron chi connectivity index (χ0n) is 17.5. The molecule has 28 heavy (non-hydrogen) atoms. The first-order valence-corrected chi connectivity index (χ1v) is 10.1. The van der Waals surface area contributed by atoms with E-state index in [1.54, 1.807) is 0 Å². The van der Waals surface area contributed by atoms with Crippen molar-refractivity contribution in [3.63, 3.8) is 0 Å². The highest BCUT2D eigenvalue weighted by atomic mass is 16.7. The molecule has 0 bridgehead atoms. The monoisotopic (exact) mass is 410 g/mol. The molecule has 0 amide bonds. The van der Waals surface area contributed by atoms with Crippen molar-refractivity contribution in [2.45, 2.75) is 26.7 Å². The second kappa shape index (κ2) is 24.1. The Kier molecular flexibility index (Phi) is 23.2. The van der Waals surface area contributed by atoms with E-state index in [-0.39, 0.29) is 13.2 Å². The van der Waals surface area contributed by atoms with Gasteiger partial charge >= 0.3 is 6.16 Å². The Labute approximate surface area is 168 Å². The van der Waals surface area contributed by atoms with Crippen LogP contribution in [0.25, 0.3) is 0 Å². The van der Waals surface area contributed by atoms with E-state index in [0.717, 1.165) is 26.1 Å². The molecule has 0 spiro atoms. The highest BCUT2D eigenvalue weighted by molar-refractivity contribution is 5.59. The lowest BCUT2D eigenvalue weighted by Crippen LogP contribution is -2.17. The van der Waals surface area contributed by atoms with Crippen LogP contribution in [0.4, 0.5) is 4.79 Å². The first-order chi connectivity index (χ1) is 13.8. The van der Waals surface area contributed by atoms with E-state index in [2.05, 4.69) is 13.8 Å². The SMILES string of the molecule is CCCOCCOCCOCCOC(=O)OCCOCCOCCOCCC. The largest absolute Gasteiger partial charge is 0.508 e. The van der Waals surface area contributed by atoms with Gasteiger partial charge in [0, 0.05) is 13.2 Å². The van der Waals surface area contributed by atoms with Gasteiger partial charge in [0.25, 0.3) is 0 Å². The van der Waals surface area contributed by atoms with E-state index in [9.17, 15) is 4.79 Å². The Morgan fingerprint density at radius 3 is 0.964 bits per heavy atom. The van der Waals surface area contributed by atoms with Gasteiger partial charge in [-0.05, 0) is 12.8 Å². The lowest BCUT2D eigenvalue weighted by Gasteiger charge is -2.08. The fraction of sp³-hybridized carbons (Fsp3) is 0.947. The zero-order valence-corrected chi connectivity index (χ0v) is 17.5. The Bertz CT molecular complexity index is 288. The molecule has 0 radical (unpaired) electrons. The Balaban J connectivity index is 3.13. The van der Waals surface area contributed by atoms with Crippen LogP contribution in [0, 0.1) is 0 Å². The number of ether oxygens (including phenoxy) is 8. The van der Waals surface area contributed by atoms with Crippen molar-refractivity contribution in [3.8, 4) is 0 Å². The molecule has 9 heteroatoms. The van der Waals surface area contributed by atoms with Crippen molar-refractivity contribution in [1.82, 2.24) is 0 Å². The molecule has 0 aliphatic carbocycles. The number of hydrogen-bond donors (Lipinski definition) is 0. The topological polar surface area (TPSA) is 90.9 Å². The second-order valence-electron chi connectivity index (χ2n) is 5.62. The van der Waals surface area contributed by atoms with Gasteiger partial charge in [0.15, 0.2) is 0 Å². The molecule has 0 aromatic carbocycles. The Morgan fingerprint density at radius 2 is 0.679 bits per heavy atom. The first-order valence-electron chi connectivity index (χ1n) is 10.1. The number of carbonyl (C=O) groups excluding carboxylic acids is 1. The third kappa shape index (κ3) is 23.1. The molecule has 9 nitrogen and oxygen atoms in total. The molecular weight excluding hydrogens is 372 g/mol. The quantitative estimate of drug-likeness (QED) is 0.196. The summed E-state index contributed by atoms with van der Waals surface area (Å²) in [6, 6.07) is 0. The fourth-order valence-corrected chi connectivity index (χ4v) is 1.78. The van der Waals surface area contributed by atoms with Crippen molar-refractivity contribution in [2.24, 2.45) is 0 Å². The molecule has 168 valence electrons. The van der Waals surface area contributed by atoms with Crippen LogP contribution in [-0.4, -0.2) is 98.7 Å². The van der Waals surface area contributed by atoms with E-state index >= 15 is 0 Å². The molecule has 0 N–H and O–H groups in total.